The third kappa shape index (κ3) is 2.49. The first-order chi connectivity index (χ1) is 10.1. The van der Waals surface area contributed by atoms with Gasteiger partial charge in [-0.2, -0.15) is 0 Å². The molecule has 1 saturated carbocycles. The van der Waals surface area contributed by atoms with Crippen molar-refractivity contribution in [1.29, 1.82) is 0 Å². The van der Waals surface area contributed by atoms with E-state index in [2.05, 4.69) is 5.32 Å². The van der Waals surface area contributed by atoms with Crippen molar-refractivity contribution in [3.8, 4) is 0 Å². The molecule has 0 unspecified atom stereocenters. The van der Waals surface area contributed by atoms with Gasteiger partial charge >= 0.3 is 6.03 Å². The summed E-state index contributed by atoms with van der Waals surface area (Å²) in [5.74, 6) is -0.0982. The van der Waals surface area contributed by atoms with E-state index in [1.54, 1.807) is 19.1 Å². The minimum absolute atomic E-state index is 0.0594. The van der Waals surface area contributed by atoms with Crippen LogP contribution in [0.1, 0.15) is 37.2 Å². The SMILES string of the molecule is Cc1ccc(/C=C2/C(=O)NC(=O)N(C3CCCC3)C2=O)o1. The summed E-state index contributed by atoms with van der Waals surface area (Å²) in [5.41, 5.74) is -0.0594. The molecule has 3 rings (SSSR count). The molecular weight excluding hydrogens is 272 g/mol. The van der Waals surface area contributed by atoms with Crippen molar-refractivity contribution in [1.82, 2.24) is 10.2 Å². The van der Waals surface area contributed by atoms with Gasteiger partial charge in [0.25, 0.3) is 11.8 Å². The van der Waals surface area contributed by atoms with Crippen LogP contribution in [0.2, 0.25) is 0 Å². The minimum Gasteiger partial charge on any atom is -0.462 e. The second kappa shape index (κ2) is 5.20. The van der Waals surface area contributed by atoms with Crippen LogP contribution >= 0.6 is 0 Å². The maximum atomic E-state index is 12.5. The Balaban J connectivity index is 1.92. The van der Waals surface area contributed by atoms with Crippen molar-refractivity contribution in [2.45, 2.75) is 38.6 Å². The summed E-state index contributed by atoms with van der Waals surface area (Å²) in [5, 5.41) is 2.23. The molecule has 4 amide bonds. The molecule has 1 aromatic rings. The van der Waals surface area contributed by atoms with E-state index in [1.165, 1.54) is 11.0 Å². The van der Waals surface area contributed by atoms with Crippen LogP contribution in [0, 0.1) is 6.92 Å². The summed E-state index contributed by atoms with van der Waals surface area (Å²) in [6.07, 6.45) is 4.96. The molecule has 21 heavy (non-hydrogen) atoms. The van der Waals surface area contributed by atoms with Crippen LogP contribution in [0.5, 0.6) is 0 Å². The Hall–Kier alpha value is -2.37. The highest BCUT2D eigenvalue weighted by atomic mass is 16.3. The summed E-state index contributed by atoms with van der Waals surface area (Å²) in [4.78, 5) is 37.5. The average molecular weight is 288 g/mol. The van der Waals surface area contributed by atoms with Crippen LogP contribution in [-0.4, -0.2) is 28.8 Å². The standard InChI is InChI=1S/C15H16N2O4/c1-9-6-7-11(21-9)8-12-13(18)16-15(20)17(14(12)19)10-4-2-3-5-10/h6-8,10H,2-5H2,1H3,(H,16,18,20)/b12-8-. The number of imide groups is 2. The first kappa shape index (κ1) is 13.6. The minimum atomic E-state index is -0.673. The molecule has 1 saturated heterocycles. The zero-order valence-electron chi connectivity index (χ0n) is 11.7. The number of hydrogen-bond donors (Lipinski definition) is 1. The zero-order valence-corrected chi connectivity index (χ0v) is 11.7. The van der Waals surface area contributed by atoms with Gasteiger partial charge in [0, 0.05) is 6.04 Å². The molecule has 0 bridgehead atoms. The fourth-order valence-corrected chi connectivity index (χ4v) is 2.84. The molecule has 6 heteroatoms. The van der Waals surface area contributed by atoms with Gasteiger partial charge < -0.3 is 4.42 Å². The number of barbiturate groups is 1. The van der Waals surface area contributed by atoms with Crippen molar-refractivity contribution in [2.75, 3.05) is 0 Å². The lowest BCUT2D eigenvalue weighted by atomic mass is 10.1. The molecule has 0 atom stereocenters. The van der Waals surface area contributed by atoms with E-state index in [1.807, 2.05) is 0 Å². The fraction of sp³-hybridized carbons (Fsp3) is 0.400. The summed E-state index contributed by atoms with van der Waals surface area (Å²) in [7, 11) is 0. The Morgan fingerprint density at radius 3 is 2.57 bits per heavy atom. The van der Waals surface area contributed by atoms with Gasteiger partial charge in [-0.15, -0.1) is 0 Å². The highest BCUT2D eigenvalue weighted by molar-refractivity contribution is 6.31. The van der Waals surface area contributed by atoms with Crippen molar-refractivity contribution < 1.29 is 18.8 Å². The lowest BCUT2D eigenvalue weighted by Crippen LogP contribution is -2.57. The Kier molecular flexibility index (Phi) is 3.37. The second-order valence-electron chi connectivity index (χ2n) is 5.38. The molecule has 0 aromatic carbocycles. The van der Waals surface area contributed by atoms with Gasteiger partial charge in [0.05, 0.1) is 0 Å². The smallest absolute Gasteiger partial charge is 0.331 e. The largest absolute Gasteiger partial charge is 0.462 e. The molecule has 110 valence electrons. The lowest BCUT2D eigenvalue weighted by Gasteiger charge is -2.30. The van der Waals surface area contributed by atoms with Crippen molar-refractivity contribution in [2.24, 2.45) is 0 Å². The van der Waals surface area contributed by atoms with Gasteiger partial charge in [0.2, 0.25) is 0 Å². The van der Waals surface area contributed by atoms with Gasteiger partial charge in [-0.05, 0) is 38.0 Å². The quantitative estimate of drug-likeness (QED) is 0.666. The third-order valence-corrected chi connectivity index (χ3v) is 3.87. The molecule has 2 aliphatic rings. The fourth-order valence-electron chi connectivity index (χ4n) is 2.84. The van der Waals surface area contributed by atoms with Crippen molar-refractivity contribution in [3.63, 3.8) is 0 Å². The summed E-state index contributed by atoms with van der Waals surface area (Å²) < 4.78 is 5.36. The number of carbonyl (C=O) groups is 3. The topological polar surface area (TPSA) is 79.6 Å². The number of hydrogen-bond acceptors (Lipinski definition) is 4. The lowest BCUT2D eigenvalue weighted by molar-refractivity contribution is -0.131. The monoisotopic (exact) mass is 288 g/mol. The number of carbonyl (C=O) groups excluding carboxylic acids is 3. The predicted molar refractivity (Wildman–Crippen MR) is 74.1 cm³/mol. The third-order valence-electron chi connectivity index (χ3n) is 3.87. The molecule has 0 spiro atoms. The Bertz CT molecular complexity index is 638. The molecule has 1 aliphatic heterocycles. The van der Waals surface area contributed by atoms with Crippen LogP contribution in [-0.2, 0) is 9.59 Å². The molecule has 6 nitrogen and oxygen atoms in total. The Morgan fingerprint density at radius 1 is 1.24 bits per heavy atom. The molecule has 0 radical (unpaired) electrons. The van der Waals surface area contributed by atoms with Gasteiger partial charge in [-0.25, -0.2) is 4.79 Å². The normalized spacial score (nSPS) is 22.2. The van der Waals surface area contributed by atoms with E-state index in [0.717, 1.165) is 25.7 Å². The van der Waals surface area contributed by atoms with Crippen LogP contribution in [0.15, 0.2) is 22.1 Å². The molecule has 1 aliphatic carbocycles. The first-order valence-electron chi connectivity index (χ1n) is 7.03. The van der Waals surface area contributed by atoms with Crippen LogP contribution < -0.4 is 5.32 Å². The van der Waals surface area contributed by atoms with Crippen LogP contribution in [0.25, 0.3) is 6.08 Å². The maximum absolute atomic E-state index is 12.5. The van der Waals surface area contributed by atoms with E-state index in [9.17, 15) is 14.4 Å². The Morgan fingerprint density at radius 2 is 1.95 bits per heavy atom. The Labute approximate surface area is 121 Å². The summed E-state index contributed by atoms with van der Waals surface area (Å²) >= 11 is 0. The van der Waals surface area contributed by atoms with E-state index < -0.39 is 17.8 Å². The molecule has 2 fully saturated rings. The highest BCUT2D eigenvalue weighted by Gasteiger charge is 2.40. The number of nitrogens with zero attached hydrogens (tertiary/aromatic N) is 1. The number of furan rings is 1. The number of amides is 4. The first-order valence-corrected chi connectivity index (χ1v) is 7.03. The van der Waals surface area contributed by atoms with E-state index in [0.29, 0.717) is 11.5 Å². The highest BCUT2D eigenvalue weighted by Crippen LogP contribution is 2.27. The number of aryl methyl sites for hydroxylation is 1. The average Bonchev–Trinajstić information content (AvgIpc) is 3.06. The van der Waals surface area contributed by atoms with Gasteiger partial charge in [-0.1, -0.05) is 12.8 Å². The summed E-state index contributed by atoms with van der Waals surface area (Å²) in [6, 6.07) is 2.69. The van der Waals surface area contributed by atoms with Gasteiger partial charge in [0.15, 0.2) is 0 Å². The van der Waals surface area contributed by atoms with E-state index in [4.69, 9.17) is 4.42 Å². The van der Waals surface area contributed by atoms with Gasteiger partial charge in [0.1, 0.15) is 17.1 Å². The van der Waals surface area contributed by atoms with Crippen molar-refractivity contribution >= 4 is 23.9 Å². The number of urea groups is 1. The predicted octanol–water partition coefficient (Wildman–Crippen LogP) is 1.99. The van der Waals surface area contributed by atoms with Crippen LogP contribution in [0.3, 0.4) is 0 Å². The summed E-state index contributed by atoms with van der Waals surface area (Å²) in [6.45, 7) is 1.78. The maximum Gasteiger partial charge on any atom is 0.331 e. The molecule has 1 N–H and O–H groups in total. The van der Waals surface area contributed by atoms with Crippen LogP contribution in [0.4, 0.5) is 4.79 Å². The van der Waals surface area contributed by atoms with Crippen molar-refractivity contribution in [3.05, 3.63) is 29.2 Å². The molecular formula is C15H16N2O4. The van der Waals surface area contributed by atoms with Gasteiger partial charge in [-0.3, -0.25) is 19.8 Å². The number of nitrogens with one attached hydrogen (secondary N) is 1. The zero-order chi connectivity index (χ0) is 15.0. The number of rotatable bonds is 2. The molecule has 2 heterocycles. The van der Waals surface area contributed by atoms with E-state index in [-0.39, 0.29) is 11.6 Å². The second-order valence-corrected chi connectivity index (χ2v) is 5.38. The van der Waals surface area contributed by atoms with E-state index >= 15 is 0 Å². The molecule has 1 aromatic heterocycles.